The summed E-state index contributed by atoms with van der Waals surface area (Å²) in [6.45, 7) is 2.01. The maximum atomic E-state index is 10.4. The summed E-state index contributed by atoms with van der Waals surface area (Å²) in [5.74, 6) is 0.616. The summed E-state index contributed by atoms with van der Waals surface area (Å²) in [6, 6.07) is 15.8. The monoisotopic (exact) mass is 330 g/mol. The topological polar surface area (TPSA) is 33.4 Å². The highest BCUT2D eigenvalue weighted by atomic mass is 79.9. The van der Waals surface area contributed by atoms with Crippen LogP contribution in [0.5, 0.6) is 0 Å². The van der Waals surface area contributed by atoms with E-state index in [1.807, 2.05) is 55.5 Å². The quantitative estimate of drug-likeness (QED) is 0.749. The van der Waals surface area contributed by atoms with E-state index in [1.54, 1.807) is 0 Å². The van der Waals surface area contributed by atoms with Crippen LogP contribution in [0.2, 0.25) is 0 Å². The van der Waals surface area contributed by atoms with Crippen LogP contribution in [-0.4, -0.2) is 5.11 Å². The van der Waals surface area contributed by atoms with Crippen molar-refractivity contribution in [2.45, 2.75) is 19.4 Å². The normalized spacial score (nSPS) is 12.8. The van der Waals surface area contributed by atoms with E-state index in [-0.39, 0.29) is 0 Å². The maximum Gasteiger partial charge on any atom is 0.137 e. The Morgan fingerprint density at radius 1 is 1.15 bits per heavy atom. The maximum absolute atomic E-state index is 10.4. The lowest BCUT2D eigenvalue weighted by Gasteiger charge is -2.09. The van der Waals surface area contributed by atoms with Crippen molar-refractivity contribution in [3.8, 4) is 0 Å². The molecule has 1 atom stereocenters. The van der Waals surface area contributed by atoms with Gasteiger partial charge in [0.25, 0.3) is 0 Å². The molecule has 1 aromatic heterocycles. The van der Waals surface area contributed by atoms with Gasteiger partial charge in [0.05, 0.1) is 0 Å². The lowest BCUT2D eigenvalue weighted by Crippen LogP contribution is -2.00. The third-order valence-corrected chi connectivity index (χ3v) is 4.23. The molecular weight excluding hydrogens is 316 g/mol. The summed E-state index contributed by atoms with van der Waals surface area (Å²) >= 11 is 3.50. The highest BCUT2D eigenvalue weighted by molar-refractivity contribution is 9.10. The molecule has 102 valence electrons. The van der Waals surface area contributed by atoms with Crippen LogP contribution in [0.1, 0.15) is 23.0 Å². The van der Waals surface area contributed by atoms with E-state index in [9.17, 15) is 5.11 Å². The van der Waals surface area contributed by atoms with Crippen LogP contribution in [0.3, 0.4) is 0 Å². The predicted molar refractivity (Wildman–Crippen MR) is 83.8 cm³/mol. The third kappa shape index (κ3) is 2.51. The van der Waals surface area contributed by atoms with Crippen LogP contribution in [0.4, 0.5) is 0 Å². The molecule has 2 nitrogen and oxygen atoms in total. The first kappa shape index (κ1) is 13.4. The second-order valence-corrected chi connectivity index (χ2v) is 5.81. The van der Waals surface area contributed by atoms with Crippen molar-refractivity contribution in [1.82, 2.24) is 0 Å². The molecule has 0 aliphatic rings. The Balaban J connectivity index is 1.91. The SMILES string of the molecule is Cc1cccc2cc(C(O)Cc3ccccc3Br)oc12. The molecule has 0 saturated heterocycles. The van der Waals surface area contributed by atoms with Gasteiger partial charge in [-0.3, -0.25) is 0 Å². The van der Waals surface area contributed by atoms with Crippen LogP contribution < -0.4 is 0 Å². The van der Waals surface area contributed by atoms with Gasteiger partial charge in [-0.1, -0.05) is 52.3 Å². The Morgan fingerprint density at radius 2 is 1.95 bits per heavy atom. The molecule has 20 heavy (non-hydrogen) atoms. The van der Waals surface area contributed by atoms with Crippen LogP contribution in [0, 0.1) is 6.92 Å². The molecule has 1 N–H and O–H groups in total. The van der Waals surface area contributed by atoms with Crippen LogP contribution in [0.15, 0.2) is 57.4 Å². The number of halogens is 1. The summed E-state index contributed by atoms with van der Waals surface area (Å²) < 4.78 is 6.81. The zero-order valence-corrected chi connectivity index (χ0v) is 12.7. The Labute approximate surface area is 126 Å². The minimum absolute atomic E-state index is 0.528. The number of benzene rings is 2. The lowest BCUT2D eigenvalue weighted by atomic mass is 10.1. The summed E-state index contributed by atoms with van der Waals surface area (Å²) in [6.07, 6.45) is -0.110. The Kier molecular flexibility index (Phi) is 3.64. The fourth-order valence-corrected chi connectivity index (χ4v) is 2.81. The smallest absolute Gasteiger partial charge is 0.137 e. The van der Waals surface area contributed by atoms with Crippen molar-refractivity contribution in [3.05, 3.63) is 69.9 Å². The van der Waals surface area contributed by atoms with Gasteiger partial charge in [-0.05, 0) is 30.2 Å². The van der Waals surface area contributed by atoms with E-state index in [0.717, 1.165) is 26.6 Å². The molecule has 0 bridgehead atoms. The second-order valence-electron chi connectivity index (χ2n) is 4.95. The Hall–Kier alpha value is -1.58. The molecule has 0 aliphatic heterocycles. The number of furan rings is 1. The molecule has 0 spiro atoms. The van der Waals surface area contributed by atoms with Gasteiger partial charge in [-0.25, -0.2) is 0 Å². The number of aryl methyl sites for hydroxylation is 1. The average Bonchev–Trinajstić information content (AvgIpc) is 2.87. The van der Waals surface area contributed by atoms with Gasteiger partial charge in [-0.2, -0.15) is 0 Å². The molecule has 1 heterocycles. The number of aliphatic hydroxyl groups excluding tert-OH is 1. The van der Waals surface area contributed by atoms with Crippen LogP contribution in [0.25, 0.3) is 11.0 Å². The molecule has 2 aromatic carbocycles. The molecule has 3 rings (SSSR count). The van der Waals surface area contributed by atoms with E-state index in [2.05, 4.69) is 15.9 Å². The fourth-order valence-electron chi connectivity index (χ4n) is 2.37. The largest absolute Gasteiger partial charge is 0.458 e. The number of rotatable bonds is 3. The van der Waals surface area contributed by atoms with E-state index >= 15 is 0 Å². The number of aliphatic hydroxyl groups is 1. The first-order valence-corrected chi connectivity index (χ1v) is 7.35. The van der Waals surface area contributed by atoms with Gasteiger partial charge in [-0.15, -0.1) is 0 Å². The summed E-state index contributed by atoms with van der Waals surface area (Å²) in [5, 5.41) is 11.4. The molecule has 0 saturated carbocycles. The van der Waals surface area contributed by atoms with Gasteiger partial charge in [0.2, 0.25) is 0 Å². The molecule has 3 aromatic rings. The van der Waals surface area contributed by atoms with Crippen molar-refractivity contribution in [1.29, 1.82) is 0 Å². The zero-order valence-electron chi connectivity index (χ0n) is 11.1. The van der Waals surface area contributed by atoms with Crippen molar-refractivity contribution < 1.29 is 9.52 Å². The Bertz CT molecular complexity index is 746. The summed E-state index contributed by atoms with van der Waals surface area (Å²) in [7, 11) is 0. The van der Waals surface area contributed by atoms with Crippen LogP contribution in [-0.2, 0) is 6.42 Å². The number of para-hydroxylation sites is 1. The minimum Gasteiger partial charge on any atom is -0.458 e. The van der Waals surface area contributed by atoms with Gasteiger partial charge < -0.3 is 9.52 Å². The van der Waals surface area contributed by atoms with Gasteiger partial charge in [0.1, 0.15) is 17.4 Å². The van der Waals surface area contributed by atoms with Gasteiger partial charge >= 0.3 is 0 Å². The van der Waals surface area contributed by atoms with Crippen LogP contribution >= 0.6 is 15.9 Å². The van der Waals surface area contributed by atoms with Gasteiger partial charge in [0, 0.05) is 16.3 Å². The molecule has 1 unspecified atom stereocenters. The summed E-state index contributed by atoms with van der Waals surface area (Å²) in [5.41, 5.74) is 3.01. The number of hydrogen-bond acceptors (Lipinski definition) is 2. The molecular formula is C17H15BrO2. The first-order chi connectivity index (χ1) is 9.65. The van der Waals surface area contributed by atoms with Gasteiger partial charge in [0.15, 0.2) is 0 Å². The lowest BCUT2D eigenvalue weighted by molar-refractivity contribution is 0.152. The number of hydrogen-bond donors (Lipinski definition) is 1. The second kappa shape index (κ2) is 5.43. The molecule has 0 aliphatic carbocycles. The first-order valence-electron chi connectivity index (χ1n) is 6.55. The zero-order chi connectivity index (χ0) is 14.1. The van der Waals surface area contributed by atoms with Crippen molar-refractivity contribution >= 4 is 26.9 Å². The molecule has 0 radical (unpaired) electrons. The third-order valence-electron chi connectivity index (χ3n) is 3.46. The van der Waals surface area contributed by atoms with E-state index < -0.39 is 6.10 Å². The molecule has 0 amide bonds. The van der Waals surface area contributed by atoms with Crippen molar-refractivity contribution in [2.24, 2.45) is 0 Å². The minimum atomic E-state index is -0.638. The predicted octanol–water partition coefficient (Wildman–Crippen LogP) is 4.78. The van der Waals surface area contributed by atoms with E-state index in [0.29, 0.717) is 12.2 Å². The highest BCUT2D eigenvalue weighted by Crippen LogP contribution is 2.29. The van der Waals surface area contributed by atoms with E-state index in [1.165, 1.54) is 0 Å². The number of fused-ring (bicyclic) bond motifs is 1. The Morgan fingerprint density at radius 3 is 2.70 bits per heavy atom. The standard InChI is InChI=1S/C17H15BrO2/c1-11-5-4-7-13-10-16(20-17(11)13)15(19)9-12-6-2-3-8-14(12)18/h2-8,10,15,19H,9H2,1H3. The fraction of sp³-hybridized carbons (Fsp3) is 0.176. The average molecular weight is 331 g/mol. The van der Waals surface area contributed by atoms with Crippen molar-refractivity contribution in [3.63, 3.8) is 0 Å². The molecule has 3 heteroatoms. The molecule has 0 fully saturated rings. The van der Waals surface area contributed by atoms with Crippen molar-refractivity contribution in [2.75, 3.05) is 0 Å². The summed E-state index contributed by atoms with van der Waals surface area (Å²) in [4.78, 5) is 0. The highest BCUT2D eigenvalue weighted by Gasteiger charge is 2.15. The van der Waals surface area contributed by atoms with E-state index in [4.69, 9.17) is 4.42 Å².